The molecule has 2 heterocycles. The molecule has 84 valence electrons. The minimum Gasteiger partial charge on any atom is -0.380 e. The van der Waals surface area contributed by atoms with Gasteiger partial charge in [-0.1, -0.05) is 0 Å². The molecule has 0 spiro atoms. The number of imidazole rings is 1. The van der Waals surface area contributed by atoms with E-state index >= 15 is 0 Å². The number of aliphatic hydroxyl groups excluding tert-OH is 1. The van der Waals surface area contributed by atoms with Gasteiger partial charge in [0.05, 0.1) is 6.20 Å². The minimum absolute atomic E-state index is 0.404. The van der Waals surface area contributed by atoms with Crippen LogP contribution in [0.2, 0.25) is 0 Å². The highest BCUT2D eigenvalue weighted by atomic mass is 19.1. The van der Waals surface area contributed by atoms with E-state index in [-0.39, 0.29) is 0 Å². The van der Waals surface area contributed by atoms with Crippen LogP contribution in [0.5, 0.6) is 0 Å². The SMILES string of the molecule is CCn1ccnc1C(O)c1cncc(F)c1. The van der Waals surface area contributed by atoms with Gasteiger partial charge in [-0.25, -0.2) is 9.37 Å². The van der Waals surface area contributed by atoms with E-state index in [1.807, 2.05) is 6.92 Å². The Kier molecular flexibility index (Phi) is 2.96. The van der Waals surface area contributed by atoms with E-state index in [9.17, 15) is 9.50 Å². The second-order valence-corrected chi connectivity index (χ2v) is 3.41. The Hall–Kier alpha value is -1.75. The van der Waals surface area contributed by atoms with Crippen molar-refractivity contribution in [1.29, 1.82) is 0 Å². The summed E-state index contributed by atoms with van der Waals surface area (Å²) in [5.41, 5.74) is 0.404. The number of hydrogen-bond donors (Lipinski definition) is 1. The molecule has 0 fully saturated rings. The Morgan fingerprint density at radius 2 is 2.31 bits per heavy atom. The van der Waals surface area contributed by atoms with Gasteiger partial charge in [0, 0.05) is 30.7 Å². The monoisotopic (exact) mass is 221 g/mol. The van der Waals surface area contributed by atoms with E-state index in [4.69, 9.17) is 0 Å². The Balaban J connectivity index is 2.35. The van der Waals surface area contributed by atoms with Gasteiger partial charge in [-0.05, 0) is 13.0 Å². The van der Waals surface area contributed by atoms with Crippen molar-refractivity contribution in [3.8, 4) is 0 Å². The fourth-order valence-corrected chi connectivity index (χ4v) is 1.56. The lowest BCUT2D eigenvalue weighted by Crippen LogP contribution is -2.09. The number of halogens is 1. The molecule has 1 N–H and O–H groups in total. The average Bonchev–Trinajstić information content (AvgIpc) is 2.76. The molecule has 0 saturated carbocycles. The molecule has 2 aromatic heterocycles. The van der Waals surface area contributed by atoms with E-state index in [0.29, 0.717) is 17.9 Å². The van der Waals surface area contributed by atoms with Crippen LogP contribution in [0.3, 0.4) is 0 Å². The number of pyridine rings is 1. The third kappa shape index (κ3) is 1.94. The fourth-order valence-electron chi connectivity index (χ4n) is 1.56. The fraction of sp³-hybridized carbons (Fsp3) is 0.273. The summed E-state index contributed by atoms with van der Waals surface area (Å²) in [6, 6.07) is 1.26. The summed E-state index contributed by atoms with van der Waals surface area (Å²) in [5, 5.41) is 10.0. The molecule has 0 aliphatic rings. The van der Waals surface area contributed by atoms with Crippen molar-refractivity contribution in [3.63, 3.8) is 0 Å². The van der Waals surface area contributed by atoms with Gasteiger partial charge in [0.25, 0.3) is 0 Å². The summed E-state index contributed by atoms with van der Waals surface area (Å²) in [4.78, 5) is 7.75. The zero-order valence-corrected chi connectivity index (χ0v) is 8.84. The Bertz CT molecular complexity index is 484. The second kappa shape index (κ2) is 4.40. The average molecular weight is 221 g/mol. The van der Waals surface area contributed by atoms with Crippen molar-refractivity contribution >= 4 is 0 Å². The maximum absolute atomic E-state index is 13.0. The minimum atomic E-state index is -0.946. The lowest BCUT2D eigenvalue weighted by atomic mass is 10.1. The zero-order chi connectivity index (χ0) is 11.5. The van der Waals surface area contributed by atoms with Gasteiger partial charge in [-0.2, -0.15) is 0 Å². The second-order valence-electron chi connectivity index (χ2n) is 3.41. The Morgan fingerprint density at radius 1 is 1.50 bits per heavy atom. The van der Waals surface area contributed by atoms with Gasteiger partial charge in [0.1, 0.15) is 17.7 Å². The van der Waals surface area contributed by atoms with Crippen molar-refractivity contribution in [3.05, 3.63) is 48.1 Å². The van der Waals surface area contributed by atoms with Gasteiger partial charge in [0.15, 0.2) is 0 Å². The predicted molar refractivity (Wildman–Crippen MR) is 56.2 cm³/mol. The van der Waals surface area contributed by atoms with Crippen molar-refractivity contribution in [2.45, 2.75) is 19.6 Å². The summed E-state index contributed by atoms with van der Waals surface area (Å²) in [6.07, 6.45) is 4.96. The highest BCUT2D eigenvalue weighted by molar-refractivity contribution is 5.20. The molecule has 16 heavy (non-hydrogen) atoms. The van der Waals surface area contributed by atoms with Crippen molar-refractivity contribution < 1.29 is 9.50 Å². The molecule has 0 bridgehead atoms. The maximum Gasteiger partial charge on any atom is 0.142 e. The number of aryl methyl sites for hydroxylation is 1. The number of rotatable bonds is 3. The largest absolute Gasteiger partial charge is 0.380 e. The lowest BCUT2D eigenvalue weighted by molar-refractivity contribution is 0.204. The summed E-state index contributed by atoms with van der Waals surface area (Å²) >= 11 is 0. The number of hydrogen-bond acceptors (Lipinski definition) is 3. The lowest BCUT2D eigenvalue weighted by Gasteiger charge is -2.11. The van der Waals surface area contributed by atoms with Crippen LogP contribution < -0.4 is 0 Å². The van der Waals surface area contributed by atoms with Crippen LogP contribution in [0, 0.1) is 5.82 Å². The van der Waals surface area contributed by atoms with E-state index in [2.05, 4.69) is 9.97 Å². The molecule has 1 atom stereocenters. The van der Waals surface area contributed by atoms with Crippen LogP contribution in [0.15, 0.2) is 30.9 Å². The molecule has 0 aliphatic carbocycles. The molecule has 2 rings (SSSR count). The van der Waals surface area contributed by atoms with Gasteiger partial charge in [-0.15, -0.1) is 0 Å². The van der Waals surface area contributed by atoms with Gasteiger partial charge in [0.2, 0.25) is 0 Å². The highest BCUT2D eigenvalue weighted by Crippen LogP contribution is 2.20. The summed E-state index contributed by atoms with van der Waals surface area (Å²) in [6.45, 7) is 2.65. The van der Waals surface area contributed by atoms with Crippen LogP contribution in [-0.2, 0) is 6.54 Å². The van der Waals surface area contributed by atoms with E-state index in [1.54, 1.807) is 17.0 Å². The molecule has 5 heteroatoms. The predicted octanol–water partition coefficient (Wildman–Crippen LogP) is 1.52. The van der Waals surface area contributed by atoms with Crippen molar-refractivity contribution in [2.75, 3.05) is 0 Å². The topological polar surface area (TPSA) is 50.9 Å². The summed E-state index contributed by atoms with van der Waals surface area (Å²) in [7, 11) is 0. The molecule has 2 aromatic rings. The zero-order valence-electron chi connectivity index (χ0n) is 8.84. The van der Waals surface area contributed by atoms with Crippen molar-refractivity contribution in [2.24, 2.45) is 0 Å². The van der Waals surface area contributed by atoms with E-state index < -0.39 is 11.9 Å². The van der Waals surface area contributed by atoms with Crippen LogP contribution in [0.25, 0.3) is 0 Å². The molecule has 0 amide bonds. The number of nitrogens with zero attached hydrogens (tertiary/aromatic N) is 3. The maximum atomic E-state index is 13.0. The van der Waals surface area contributed by atoms with Gasteiger partial charge < -0.3 is 9.67 Å². The summed E-state index contributed by atoms with van der Waals surface area (Å²) in [5.74, 6) is 0.0288. The first-order chi connectivity index (χ1) is 7.72. The molecular weight excluding hydrogens is 209 g/mol. The molecule has 1 unspecified atom stereocenters. The Labute approximate surface area is 92.4 Å². The normalized spacial score (nSPS) is 12.7. The van der Waals surface area contributed by atoms with Crippen LogP contribution in [0.4, 0.5) is 4.39 Å². The summed E-state index contributed by atoms with van der Waals surface area (Å²) < 4.78 is 14.8. The Morgan fingerprint density at radius 3 is 3.00 bits per heavy atom. The van der Waals surface area contributed by atoms with Gasteiger partial charge >= 0.3 is 0 Å². The molecular formula is C11H12FN3O. The molecule has 4 nitrogen and oxygen atoms in total. The van der Waals surface area contributed by atoms with E-state index in [0.717, 1.165) is 6.20 Å². The molecule has 0 aliphatic heterocycles. The standard InChI is InChI=1S/C11H12FN3O/c1-2-15-4-3-14-11(15)10(16)8-5-9(12)7-13-6-8/h3-7,10,16H,2H2,1H3. The van der Waals surface area contributed by atoms with Crippen LogP contribution in [-0.4, -0.2) is 19.6 Å². The first-order valence-corrected chi connectivity index (χ1v) is 5.02. The third-order valence-electron chi connectivity index (χ3n) is 2.37. The third-order valence-corrected chi connectivity index (χ3v) is 2.37. The first-order valence-electron chi connectivity index (χ1n) is 5.02. The highest BCUT2D eigenvalue weighted by Gasteiger charge is 2.16. The van der Waals surface area contributed by atoms with Crippen LogP contribution in [0.1, 0.15) is 24.4 Å². The smallest absolute Gasteiger partial charge is 0.142 e. The quantitative estimate of drug-likeness (QED) is 0.854. The molecule has 0 saturated heterocycles. The van der Waals surface area contributed by atoms with E-state index in [1.165, 1.54) is 12.3 Å². The number of aromatic nitrogens is 3. The first kappa shape index (κ1) is 10.8. The number of aliphatic hydroxyl groups is 1. The molecule has 0 aromatic carbocycles. The van der Waals surface area contributed by atoms with Crippen molar-refractivity contribution in [1.82, 2.24) is 14.5 Å². The van der Waals surface area contributed by atoms with Gasteiger partial charge in [-0.3, -0.25) is 4.98 Å². The molecule has 0 radical (unpaired) electrons. The van der Waals surface area contributed by atoms with Crippen LogP contribution >= 0.6 is 0 Å².